The van der Waals surface area contributed by atoms with E-state index < -0.39 is 31.6 Å². The number of rotatable bonds is 7. The number of benzene rings is 2. The first kappa shape index (κ1) is 26.9. The molecule has 4 nitrogen and oxygen atoms in total. The molecule has 4 N–H and O–H groups in total. The monoisotopic (exact) mass is 479 g/mol. The van der Waals surface area contributed by atoms with Crippen molar-refractivity contribution < 1.29 is 22.4 Å². The van der Waals surface area contributed by atoms with Crippen LogP contribution in [0.3, 0.4) is 0 Å². The zero-order chi connectivity index (χ0) is 25.4. The van der Waals surface area contributed by atoms with Gasteiger partial charge in [-0.3, -0.25) is 4.79 Å². The SMILES string of the molecule is CC(C)(CCc1cc(-c2ccccc2C(F)(F)F)c(C(N)=O)[c]c1N)O[Si](C)(C)C(C)(C)C. The molecule has 0 aliphatic carbocycles. The van der Waals surface area contributed by atoms with Gasteiger partial charge in [0.1, 0.15) is 0 Å². The largest absolute Gasteiger partial charge is 0.417 e. The molecule has 0 aromatic heterocycles. The van der Waals surface area contributed by atoms with Crippen LogP contribution in [-0.4, -0.2) is 19.8 Å². The lowest BCUT2D eigenvalue weighted by atomic mass is 9.90. The van der Waals surface area contributed by atoms with Gasteiger partial charge in [0.05, 0.1) is 16.7 Å². The first-order valence-corrected chi connectivity index (χ1v) is 13.8. The molecule has 0 heterocycles. The summed E-state index contributed by atoms with van der Waals surface area (Å²) in [6.45, 7) is 14.8. The van der Waals surface area contributed by atoms with E-state index in [1.807, 2.05) is 13.8 Å². The smallest absolute Gasteiger partial charge is 0.412 e. The average Bonchev–Trinajstić information content (AvgIpc) is 2.64. The second-order valence-corrected chi connectivity index (χ2v) is 15.3. The standard InChI is InChI=1S/C25H34F3N2O2Si/c1-23(2,3)33(6,7)32-24(4,5)13-12-16-14-18(19(22(30)31)15-21(16)29)17-10-8-9-11-20(17)25(26,27)28/h8-11,14H,12-13,29H2,1-7H3,(H2,30,31). The number of alkyl halides is 3. The Morgan fingerprint density at radius 1 is 1.06 bits per heavy atom. The molecule has 0 spiro atoms. The van der Waals surface area contributed by atoms with Crippen LogP contribution in [0.4, 0.5) is 18.9 Å². The van der Waals surface area contributed by atoms with Gasteiger partial charge in [0.2, 0.25) is 5.91 Å². The molecule has 0 aliphatic rings. The molecule has 2 aromatic rings. The summed E-state index contributed by atoms with van der Waals surface area (Å²) >= 11 is 0. The quantitative estimate of drug-likeness (QED) is 0.347. The summed E-state index contributed by atoms with van der Waals surface area (Å²) in [7, 11) is -2.03. The fourth-order valence-corrected chi connectivity index (χ4v) is 5.31. The fraction of sp³-hybridized carbons (Fsp3) is 0.480. The first-order valence-electron chi connectivity index (χ1n) is 10.9. The molecule has 2 rings (SSSR count). The molecular weight excluding hydrogens is 445 g/mol. The van der Waals surface area contributed by atoms with Gasteiger partial charge in [-0.25, -0.2) is 0 Å². The van der Waals surface area contributed by atoms with Crippen molar-refractivity contribution in [1.29, 1.82) is 0 Å². The summed E-state index contributed by atoms with van der Waals surface area (Å²) in [4.78, 5) is 12.0. The maximum atomic E-state index is 13.6. The summed E-state index contributed by atoms with van der Waals surface area (Å²) in [6, 6.07) is 9.35. The molecule has 1 amide bonds. The van der Waals surface area contributed by atoms with Crippen molar-refractivity contribution in [1.82, 2.24) is 0 Å². The van der Waals surface area contributed by atoms with Crippen molar-refractivity contribution in [3.05, 3.63) is 53.1 Å². The van der Waals surface area contributed by atoms with Crippen molar-refractivity contribution in [2.45, 2.75) is 77.4 Å². The second kappa shape index (κ2) is 9.14. The van der Waals surface area contributed by atoms with E-state index in [4.69, 9.17) is 15.9 Å². The number of primary amides is 1. The van der Waals surface area contributed by atoms with E-state index in [0.717, 1.165) is 6.07 Å². The van der Waals surface area contributed by atoms with Gasteiger partial charge in [0.25, 0.3) is 0 Å². The van der Waals surface area contributed by atoms with Crippen LogP contribution in [0.2, 0.25) is 18.1 Å². The lowest BCUT2D eigenvalue weighted by Gasteiger charge is -2.43. The third-order valence-electron chi connectivity index (χ3n) is 6.30. The molecule has 2 aromatic carbocycles. The van der Waals surface area contributed by atoms with E-state index in [1.165, 1.54) is 24.3 Å². The van der Waals surface area contributed by atoms with Crippen LogP contribution in [0.5, 0.6) is 0 Å². The predicted octanol–water partition coefficient (Wildman–Crippen LogP) is 6.59. The summed E-state index contributed by atoms with van der Waals surface area (Å²) in [6.07, 6.45) is -3.55. The molecule has 0 fully saturated rings. The van der Waals surface area contributed by atoms with Gasteiger partial charge < -0.3 is 15.9 Å². The molecule has 0 bridgehead atoms. The van der Waals surface area contributed by atoms with E-state index in [9.17, 15) is 18.0 Å². The molecule has 33 heavy (non-hydrogen) atoms. The lowest BCUT2D eigenvalue weighted by molar-refractivity contribution is -0.137. The molecule has 0 unspecified atom stereocenters. The second-order valence-electron chi connectivity index (χ2n) is 10.5. The molecule has 0 atom stereocenters. The van der Waals surface area contributed by atoms with E-state index in [-0.39, 0.29) is 27.4 Å². The highest BCUT2D eigenvalue weighted by atomic mass is 28.4. The van der Waals surface area contributed by atoms with E-state index in [1.54, 1.807) is 0 Å². The number of nitrogens with two attached hydrogens (primary N) is 2. The Labute approximate surface area is 195 Å². The highest BCUT2D eigenvalue weighted by molar-refractivity contribution is 6.74. The molecule has 1 radical (unpaired) electrons. The summed E-state index contributed by atoms with van der Waals surface area (Å²) in [5, 5.41) is 0.0364. The minimum Gasteiger partial charge on any atom is -0.412 e. The minimum absolute atomic E-state index is 0.0364. The number of hydrogen-bond acceptors (Lipinski definition) is 3. The Balaban J connectivity index is 2.47. The molecule has 0 saturated carbocycles. The van der Waals surface area contributed by atoms with E-state index in [0.29, 0.717) is 18.4 Å². The number of hydrogen-bond donors (Lipinski definition) is 2. The predicted molar refractivity (Wildman–Crippen MR) is 129 cm³/mol. The lowest BCUT2D eigenvalue weighted by Crippen LogP contribution is -2.47. The number of carbonyl (C=O) groups is 1. The van der Waals surface area contributed by atoms with Gasteiger partial charge in [-0.2, -0.15) is 13.2 Å². The average molecular weight is 480 g/mol. The van der Waals surface area contributed by atoms with Gasteiger partial charge in [-0.15, -0.1) is 0 Å². The van der Waals surface area contributed by atoms with Gasteiger partial charge >= 0.3 is 6.18 Å². The fourth-order valence-electron chi connectivity index (χ4n) is 3.52. The van der Waals surface area contributed by atoms with Gasteiger partial charge in [-0.1, -0.05) is 39.0 Å². The Hall–Kier alpha value is -2.32. The van der Waals surface area contributed by atoms with Crippen molar-refractivity contribution in [2.75, 3.05) is 5.73 Å². The maximum Gasteiger partial charge on any atom is 0.417 e. The third-order valence-corrected chi connectivity index (χ3v) is 11.0. The Kier molecular flexibility index (Phi) is 7.46. The molecule has 0 saturated heterocycles. The number of nitrogen functional groups attached to an aromatic ring is 1. The number of aryl methyl sites for hydroxylation is 1. The van der Waals surface area contributed by atoms with Crippen LogP contribution in [0, 0.1) is 6.07 Å². The Morgan fingerprint density at radius 3 is 2.15 bits per heavy atom. The topological polar surface area (TPSA) is 78.3 Å². The van der Waals surface area contributed by atoms with Crippen LogP contribution in [0.25, 0.3) is 11.1 Å². The van der Waals surface area contributed by atoms with Crippen molar-refractivity contribution in [2.24, 2.45) is 5.73 Å². The van der Waals surface area contributed by atoms with Crippen molar-refractivity contribution in [3.8, 4) is 11.1 Å². The number of anilines is 1. The van der Waals surface area contributed by atoms with E-state index in [2.05, 4.69) is 39.9 Å². The molecule has 0 aliphatic heterocycles. The molecule has 181 valence electrons. The number of carbonyl (C=O) groups excluding carboxylic acids is 1. The molecule has 8 heteroatoms. The van der Waals surface area contributed by atoms with Gasteiger partial charge in [-0.05, 0) is 73.6 Å². The van der Waals surface area contributed by atoms with Crippen LogP contribution in [-0.2, 0) is 17.0 Å². The Morgan fingerprint density at radius 2 is 1.64 bits per heavy atom. The van der Waals surface area contributed by atoms with Gasteiger partial charge in [0.15, 0.2) is 8.32 Å². The van der Waals surface area contributed by atoms with E-state index >= 15 is 0 Å². The van der Waals surface area contributed by atoms with Gasteiger partial charge in [0, 0.05) is 11.8 Å². The minimum atomic E-state index is -4.59. The first-order chi connectivity index (χ1) is 14.9. The normalized spacial score (nSPS) is 13.3. The zero-order valence-corrected chi connectivity index (χ0v) is 21.4. The van der Waals surface area contributed by atoms with Crippen LogP contribution in [0.15, 0.2) is 30.3 Å². The van der Waals surface area contributed by atoms with Crippen LogP contribution in [0.1, 0.15) is 62.5 Å². The number of amides is 1. The van der Waals surface area contributed by atoms with Crippen molar-refractivity contribution in [3.63, 3.8) is 0 Å². The number of halogens is 3. The maximum absolute atomic E-state index is 13.6. The summed E-state index contributed by atoms with van der Waals surface area (Å²) in [5.74, 6) is -0.887. The highest BCUT2D eigenvalue weighted by Crippen LogP contribution is 2.41. The summed E-state index contributed by atoms with van der Waals surface area (Å²) in [5.41, 5.74) is 10.8. The Bertz CT molecular complexity index is 1030. The van der Waals surface area contributed by atoms with Crippen LogP contribution < -0.4 is 11.5 Å². The highest BCUT2D eigenvalue weighted by Gasteiger charge is 2.41. The zero-order valence-electron chi connectivity index (χ0n) is 20.4. The summed E-state index contributed by atoms with van der Waals surface area (Å²) < 4.78 is 47.5. The third kappa shape index (κ3) is 6.38. The molecular formula is C25H34F3N2O2Si. The van der Waals surface area contributed by atoms with Crippen LogP contribution >= 0.6 is 0 Å². The van der Waals surface area contributed by atoms with Crippen molar-refractivity contribution >= 4 is 19.9 Å².